The highest BCUT2D eigenvalue weighted by Gasteiger charge is 2.44. The average Bonchev–Trinajstić information content (AvgIpc) is 2.94. The standard InChI is InChI=1S/C15H27N3O2S/c1-17(2)14(19)13-10-16-5-6-18(13)12-3-7-20-15(9-12)4-8-21-11-15/h12-13,16H,3-11H2,1-2H3. The van der Waals surface area contributed by atoms with E-state index in [0.717, 1.165) is 44.8 Å². The zero-order valence-electron chi connectivity index (χ0n) is 13.1. The average molecular weight is 313 g/mol. The number of piperazine rings is 1. The van der Waals surface area contributed by atoms with Crippen molar-refractivity contribution in [3.63, 3.8) is 0 Å². The lowest BCUT2D eigenvalue weighted by Crippen LogP contribution is -2.62. The summed E-state index contributed by atoms with van der Waals surface area (Å²) in [7, 11) is 3.71. The fourth-order valence-corrected chi connectivity index (χ4v) is 5.21. The van der Waals surface area contributed by atoms with E-state index in [9.17, 15) is 4.79 Å². The van der Waals surface area contributed by atoms with Gasteiger partial charge < -0.3 is 15.0 Å². The Morgan fingerprint density at radius 1 is 1.48 bits per heavy atom. The number of hydrogen-bond donors (Lipinski definition) is 1. The molecule has 0 bridgehead atoms. The highest BCUT2D eigenvalue weighted by molar-refractivity contribution is 7.99. The van der Waals surface area contributed by atoms with Gasteiger partial charge in [0.25, 0.3) is 0 Å². The number of nitrogens with one attached hydrogen (secondary N) is 1. The fourth-order valence-electron chi connectivity index (χ4n) is 3.83. The largest absolute Gasteiger partial charge is 0.374 e. The molecule has 0 aromatic heterocycles. The third-order valence-electron chi connectivity index (χ3n) is 5.01. The van der Waals surface area contributed by atoms with E-state index in [1.165, 1.54) is 12.2 Å². The number of rotatable bonds is 2. The highest BCUT2D eigenvalue weighted by Crippen LogP contribution is 2.40. The maximum atomic E-state index is 12.5. The SMILES string of the molecule is CN(C)C(=O)C1CNCCN1C1CCOC2(CCSC2)C1. The lowest BCUT2D eigenvalue weighted by atomic mass is 9.88. The summed E-state index contributed by atoms with van der Waals surface area (Å²) in [4.78, 5) is 16.7. The summed E-state index contributed by atoms with van der Waals surface area (Å²) in [5.41, 5.74) is 0.0875. The fraction of sp³-hybridized carbons (Fsp3) is 0.933. The molecule has 1 N–H and O–H groups in total. The van der Waals surface area contributed by atoms with Gasteiger partial charge in [-0.25, -0.2) is 0 Å². The van der Waals surface area contributed by atoms with Crippen molar-refractivity contribution in [3.05, 3.63) is 0 Å². The molecular formula is C15H27N3O2S. The van der Waals surface area contributed by atoms with Gasteiger partial charge in [-0.2, -0.15) is 11.8 Å². The highest BCUT2D eigenvalue weighted by atomic mass is 32.2. The van der Waals surface area contributed by atoms with Gasteiger partial charge in [0.1, 0.15) is 6.04 Å². The third kappa shape index (κ3) is 3.23. The molecular weight excluding hydrogens is 286 g/mol. The first-order valence-electron chi connectivity index (χ1n) is 8.01. The smallest absolute Gasteiger partial charge is 0.240 e. The van der Waals surface area contributed by atoms with Crippen LogP contribution in [0, 0.1) is 0 Å². The molecule has 0 radical (unpaired) electrons. The molecule has 1 spiro atoms. The van der Waals surface area contributed by atoms with Crippen LogP contribution in [0.5, 0.6) is 0 Å². The molecule has 3 saturated heterocycles. The minimum Gasteiger partial charge on any atom is -0.374 e. The Morgan fingerprint density at radius 2 is 2.33 bits per heavy atom. The molecule has 3 unspecified atom stereocenters. The van der Waals surface area contributed by atoms with Crippen LogP contribution in [0.3, 0.4) is 0 Å². The lowest BCUT2D eigenvalue weighted by Gasteiger charge is -2.47. The Labute approximate surface area is 131 Å². The van der Waals surface area contributed by atoms with Crippen molar-refractivity contribution >= 4 is 17.7 Å². The van der Waals surface area contributed by atoms with E-state index < -0.39 is 0 Å². The quantitative estimate of drug-likeness (QED) is 0.800. The summed E-state index contributed by atoms with van der Waals surface area (Å²) in [5, 5.41) is 3.38. The lowest BCUT2D eigenvalue weighted by molar-refractivity contribution is -0.141. The van der Waals surface area contributed by atoms with Crippen LogP contribution in [-0.2, 0) is 9.53 Å². The Kier molecular flexibility index (Phi) is 4.78. The maximum Gasteiger partial charge on any atom is 0.240 e. The number of nitrogens with zero attached hydrogens (tertiary/aromatic N) is 2. The van der Waals surface area contributed by atoms with E-state index in [2.05, 4.69) is 10.2 Å². The summed E-state index contributed by atoms with van der Waals surface area (Å²) < 4.78 is 6.13. The molecule has 0 aromatic carbocycles. The summed E-state index contributed by atoms with van der Waals surface area (Å²) in [5.74, 6) is 2.57. The number of carbonyl (C=O) groups excluding carboxylic acids is 1. The summed E-state index contributed by atoms with van der Waals surface area (Å²) in [6.45, 7) is 3.57. The first kappa shape index (κ1) is 15.6. The van der Waals surface area contributed by atoms with Crippen LogP contribution < -0.4 is 5.32 Å². The molecule has 3 heterocycles. The maximum absolute atomic E-state index is 12.5. The molecule has 0 aromatic rings. The van der Waals surface area contributed by atoms with E-state index in [1.54, 1.807) is 4.90 Å². The molecule has 0 aliphatic carbocycles. The van der Waals surface area contributed by atoms with Gasteiger partial charge in [-0.05, 0) is 25.0 Å². The predicted octanol–water partition coefficient (Wildman–Crippen LogP) is 0.403. The number of ether oxygens (including phenoxy) is 1. The van der Waals surface area contributed by atoms with Crippen LogP contribution in [-0.4, -0.2) is 85.2 Å². The van der Waals surface area contributed by atoms with E-state index in [0.29, 0.717) is 6.04 Å². The molecule has 3 rings (SSSR count). The Balaban J connectivity index is 1.72. The van der Waals surface area contributed by atoms with Crippen molar-refractivity contribution < 1.29 is 9.53 Å². The van der Waals surface area contributed by atoms with Crippen LogP contribution in [0.4, 0.5) is 0 Å². The number of amides is 1. The van der Waals surface area contributed by atoms with Gasteiger partial charge in [-0.15, -0.1) is 0 Å². The number of hydrogen-bond acceptors (Lipinski definition) is 5. The van der Waals surface area contributed by atoms with Crippen LogP contribution in [0.15, 0.2) is 0 Å². The number of thioether (sulfide) groups is 1. The van der Waals surface area contributed by atoms with Gasteiger partial charge >= 0.3 is 0 Å². The van der Waals surface area contributed by atoms with E-state index >= 15 is 0 Å². The molecule has 21 heavy (non-hydrogen) atoms. The van der Waals surface area contributed by atoms with Crippen LogP contribution in [0.1, 0.15) is 19.3 Å². The molecule has 3 aliphatic heterocycles. The molecule has 5 nitrogen and oxygen atoms in total. The van der Waals surface area contributed by atoms with Crippen LogP contribution in [0.2, 0.25) is 0 Å². The second-order valence-corrected chi connectivity index (χ2v) is 7.78. The normalized spacial score (nSPS) is 37.8. The first-order valence-corrected chi connectivity index (χ1v) is 9.16. The topological polar surface area (TPSA) is 44.8 Å². The van der Waals surface area contributed by atoms with Crippen molar-refractivity contribution in [3.8, 4) is 0 Å². The van der Waals surface area contributed by atoms with Crippen LogP contribution in [0.25, 0.3) is 0 Å². The van der Waals surface area contributed by atoms with E-state index in [-0.39, 0.29) is 17.6 Å². The molecule has 0 saturated carbocycles. The Morgan fingerprint density at radius 3 is 3.05 bits per heavy atom. The van der Waals surface area contributed by atoms with Gasteiger partial charge in [0.2, 0.25) is 5.91 Å². The predicted molar refractivity (Wildman–Crippen MR) is 85.7 cm³/mol. The van der Waals surface area contributed by atoms with Gasteiger partial charge in [-0.3, -0.25) is 9.69 Å². The summed E-state index contributed by atoms with van der Waals surface area (Å²) in [6.07, 6.45) is 3.33. The van der Waals surface area contributed by atoms with Crippen molar-refractivity contribution in [1.29, 1.82) is 0 Å². The molecule has 1 amide bonds. The Bertz CT molecular complexity index is 385. The molecule has 3 fully saturated rings. The van der Waals surface area contributed by atoms with Gasteiger partial charge in [0, 0.05) is 52.1 Å². The summed E-state index contributed by atoms with van der Waals surface area (Å²) >= 11 is 2.01. The molecule has 3 atom stereocenters. The molecule has 3 aliphatic rings. The van der Waals surface area contributed by atoms with Crippen molar-refractivity contribution in [2.75, 3.05) is 51.8 Å². The van der Waals surface area contributed by atoms with E-state index in [4.69, 9.17) is 4.74 Å². The summed E-state index contributed by atoms with van der Waals surface area (Å²) in [6, 6.07) is 0.483. The molecule has 120 valence electrons. The van der Waals surface area contributed by atoms with Crippen molar-refractivity contribution in [2.24, 2.45) is 0 Å². The van der Waals surface area contributed by atoms with Crippen LogP contribution >= 0.6 is 11.8 Å². The minimum absolute atomic E-state index is 0.0112. The van der Waals surface area contributed by atoms with E-state index in [1.807, 2.05) is 25.9 Å². The van der Waals surface area contributed by atoms with Crippen molar-refractivity contribution in [2.45, 2.75) is 36.9 Å². The minimum atomic E-state index is -0.0112. The van der Waals surface area contributed by atoms with Gasteiger partial charge in [0.15, 0.2) is 0 Å². The van der Waals surface area contributed by atoms with Gasteiger partial charge in [0.05, 0.1) is 5.60 Å². The Hall–Kier alpha value is -0.300. The number of carbonyl (C=O) groups is 1. The van der Waals surface area contributed by atoms with Gasteiger partial charge in [-0.1, -0.05) is 0 Å². The van der Waals surface area contributed by atoms with Crippen molar-refractivity contribution in [1.82, 2.24) is 15.1 Å². The monoisotopic (exact) mass is 313 g/mol. The second-order valence-electron chi connectivity index (χ2n) is 6.67. The second kappa shape index (κ2) is 6.44. The molecule has 6 heteroatoms. The number of likely N-dealkylation sites (N-methyl/N-ethyl adjacent to an activating group) is 1. The zero-order chi connectivity index (χ0) is 14.9. The zero-order valence-corrected chi connectivity index (χ0v) is 14.0. The first-order chi connectivity index (χ1) is 10.1. The third-order valence-corrected chi connectivity index (χ3v) is 6.24.